The van der Waals surface area contributed by atoms with Crippen molar-refractivity contribution in [3.63, 3.8) is 0 Å². The van der Waals surface area contributed by atoms with Gasteiger partial charge in [-0.3, -0.25) is 4.79 Å². The SMILES string of the molecule is Cl.O=C(NCCC1CCNC1)c1ccc(SC(F)(F)F)cc1. The van der Waals surface area contributed by atoms with Crippen LogP contribution in [0.5, 0.6) is 0 Å². The van der Waals surface area contributed by atoms with E-state index in [9.17, 15) is 18.0 Å². The fourth-order valence-corrected chi connectivity index (χ4v) is 2.80. The van der Waals surface area contributed by atoms with Crippen LogP contribution in [0, 0.1) is 5.92 Å². The molecule has 0 spiro atoms. The van der Waals surface area contributed by atoms with E-state index in [0.29, 0.717) is 18.0 Å². The highest BCUT2D eigenvalue weighted by Crippen LogP contribution is 2.36. The van der Waals surface area contributed by atoms with Gasteiger partial charge >= 0.3 is 5.51 Å². The number of rotatable bonds is 5. The Morgan fingerprint density at radius 2 is 2.00 bits per heavy atom. The number of halogens is 4. The molecule has 0 aliphatic carbocycles. The van der Waals surface area contributed by atoms with Crippen LogP contribution in [0.3, 0.4) is 0 Å². The van der Waals surface area contributed by atoms with E-state index in [2.05, 4.69) is 10.6 Å². The van der Waals surface area contributed by atoms with E-state index >= 15 is 0 Å². The van der Waals surface area contributed by atoms with Gasteiger partial charge in [0.15, 0.2) is 0 Å². The van der Waals surface area contributed by atoms with Gasteiger partial charge in [0.1, 0.15) is 0 Å². The number of hydrogen-bond donors (Lipinski definition) is 2. The molecule has 0 saturated carbocycles. The maximum Gasteiger partial charge on any atom is 0.446 e. The molecule has 0 bridgehead atoms. The summed E-state index contributed by atoms with van der Waals surface area (Å²) in [5.74, 6) is 0.348. The van der Waals surface area contributed by atoms with E-state index in [4.69, 9.17) is 0 Å². The third-order valence-electron chi connectivity index (χ3n) is 3.35. The fraction of sp³-hybridized carbons (Fsp3) is 0.500. The molecule has 1 heterocycles. The number of nitrogens with one attached hydrogen (secondary N) is 2. The van der Waals surface area contributed by atoms with E-state index in [1.165, 1.54) is 24.3 Å². The van der Waals surface area contributed by atoms with Gasteiger partial charge in [0.2, 0.25) is 0 Å². The second kappa shape index (κ2) is 8.64. The maximum absolute atomic E-state index is 12.2. The minimum absolute atomic E-state index is 0. The Kier molecular flexibility index (Phi) is 7.52. The van der Waals surface area contributed by atoms with Crippen LogP contribution in [0.25, 0.3) is 0 Å². The van der Waals surface area contributed by atoms with Crippen LogP contribution < -0.4 is 10.6 Å². The Balaban J connectivity index is 0.00000242. The molecule has 0 radical (unpaired) electrons. The minimum atomic E-state index is -4.31. The first-order chi connectivity index (χ1) is 9.94. The molecule has 2 N–H and O–H groups in total. The molecule has 1 aliphatic heterocycles. The standard InChI is InChI=1S/C14H17F3N2OS.ClH/c15-14(16,17)21-12-3-1-11(2-4-12)13(20)19-8-6-10-5-7-18-9-10;/h1-4,10,18H,5-9H2,(H,19,20);1H. The summed E-state index contributed by atoms with van der Waals surface area (Å²) in [5, 5.41) is 6.06. The fourth-order valence-electron chi connectivity index (χ4n) is 2.26. The largest absolute Gasteiger partial charge is 0.446 e. The highest BCUT2D eigenvalue weighted by atomic mass is 35.5. The van der Waals surface area contributed by atoms with Gasteiger partial charge < -0.3 is 10.6 Å². The number of thioether (sulfide) groups is 1. The topological polar surface area (TPSA) is 41.1 Å². The monoisotopic (exact) mass is 354 g/mol. The van der Waals surface area contributed by atoms with Crippen LogP contribution >= 0.6 is 24.2 Å². The lowest BCUT2D eigenvalue weighted by atomic mass is 10.1. The Bertz CT molecular complexity index is 476. The molecule has 8 heteroatoms. The van der Waals surface area contributed by atoms with E-state index in [1.807, 2.05) is 0 Å². The van der Waals surface area contributed by atoms with Crippen molar-refractivity contribution < 1.29 is 18.0 Å². The van der Waals surface area contributed by atoms with E-state index < -0.39 is 5.51 Å². The van der Waals surface area contributed by atoms with Crippen LogP contribution in [0.1, 0.15) is 23.2 Å². The summed E-state index contributed by atoms with van der Waals surface area (Å²) in [5.41, 5.74) is -3.93. The van der Waals surface area contributed by atoms with Crippen molar-refractivity contribution >= 4 is 30.1 Å². The molecule has 1 saturated heterocycles. The lowest BCUT2D eigenvalue weighted by molar-refractivity contribution is -0.0328. The van der Waals surface area contributed by atoms with Crippen LogP contribution in [-0.2, 0) is 0 Å². The van der Waals surface area contributed by atoms with Gasteiger partial charge in [0, 0.05) is 17.0 Å². The van der Waals surface area contributed by atoms with Crippen LogP contribution in [0.4, 0.5) is 13.2 Å². The van der Waals surface area contributed by atoms with Crippen molar-refractivity contribution in [3.8, 4) is 0 Å². The van der Waals surface area contributed by atoms with Gasteiger partial charge in [0.25, 0.3) is 5.91 Å². The zero-order chi connectivity index (χ0) is 15.3. The van der Waals surface area contributed by atoms with Gasteiger partial charge in [-0.25, -0.2) is 0 Å². The third-order valence-corrected chi connectivity index (χ3v) is 4.09. The molecule has 1 fully saturated rings. The first kappa shape index (κ1) is 19.1. The van der Waals surface area contributed by atoms with Gasteiger partial charge in [-0.1, -0.05) is 0 Å². The molecule has 1 aromatic carbocycles. The van der Waals surface area contributed by atoms with Gasteiger partial charge in [-0.15, -0.1) is 12.4 Å². The number of benzene rings is 1. The molecule has 2 rings (SSSR count). The first-order valence-electron chi connectivity index (χ1n) is 6.79. The van der Waals surface area contributed by atoms with Crippen molar-refractivity contribution in [3.05, 3.63) is 29.8 Å². The molecule has 1 atom stereocenters. The van der Waals surface area contributed by atoms with E-state index in [0.717, 1.165) is 25.9 Å². The maximum atomic E-state index is 12.2. The van der Waals surface area contributed by atoms with E-state index in [1.54, 1.807) is 0 Å². The summed E-state index contributed by atoms with van der Waals surface area (Å²) < 4.78 is 36.6. The number of amides is 1. The molecule has 1 amide bonds. The summed E-state index contributed by atoms with van der Waals surface area (Å²) in [6.45, 7) is 2.60. The first-order valence-corrected chi connectivity index (χ1v) is 7.60. The second-order valence-corrected chi connectivity index (χ2v) is 6.11. The highest BCUT2D eigenvalue weighted by Gasteiger charge is 2.29. The minimum Gasteiger partial charge on any atom is -0.352 e. The van der Waals surface area contributed by atoms with Gasteiger partial charge in [-0.05, 0) is 67.9 Å². The molecular formula is C14H18ClF3N2OS. The number of hydrogen-bond acceptors (Lipinski definition) is 3. The summed E-state index contributed by atoms with van der Waals surface area (Å²) in [7, 11) is 0. The highest BCUT2D eigenvalue weighted by molar-refractivity contribution is 8.00. The Morgan fingerprint density at radius 1 is 1.32 bits per heavy atom. The smallest absolute Gasteiger partial charge is 0.352 e. The molecule has 3 nitrogen and oxygen atoms in total. The number of carbonyl (C=O) groups is 1. The van der Waals surface area contributed by atoms with Crippen LogP contribution in [-0.4, -0.2) is 31.0 Å². The zero-order valence-corrected chi connectivity index (χ0v) is 13.4. The molecule has 124 valence electrons. The Morgan fingerprint density at radius 3 is 2.55 bits per heavy atom. The lowest BCUT2D eigenvalue weighted by Gasteiger charge is -2.10. The van der Waals surface area contributed by atoms with Gasteiger partial charge in [0.05, 0.1) is 0 Å². The molecular weight excluding hydrogens is 337 g/mol. The van der Waals surface area contributed by atoms with Gasteiger partial charge in [-0.2, -0.15) is 13.2 Å². The molecule has 1 aliphatic rings. The average molecular weight is 355 g/mol. The summed E-state index contributed by atoms with van der Waals surface area (Å²) >= 11 is -0.183. The van der Waals surface area contributed by atoms with Crippen molar-refractivity contribution in [1.82, 2.24) is 10.6 Å². The predicted molar refractivity (Wildman–Crippen MR) is 83.5 cm³/mol. The summed E-state index contributed by atoms with van der Waals surface area (Å²) in [6.07, 6.45) is 2.04. The Labute approximate surface area is 137 Å². The number of carbonyl (C=O) groups excluding carboxylic acids is 1. The van der Waals surface area contributed by atoms with Crippen molar-refractivity contribution in [1.29, 1.82) is 0 Å². The third kappa shape index (κ3) is 6.46. The lowest BCUT2D eigenvalue weighted by Crippen LogP contribution is -2.26. The quantitative estimate of drug-likeness (QED) is 0.796. The van der Waals surface area contributed by atoms with Crippen molar-refractivity contribution in [2.75, 3.05) is 19.6 Å². The molecule has 22 heavy (non-hydrogen) atoms. The molecule has 1 aromatic rings. The normalized spacial score (nSPS) is 17.9. The van der Waals surface area contributed by atoms with Crippen LogP contribution in [0.15, 0.2) is 29.2 Å². The Hall–Kier alpha value is -0.920. The second-order valence-electron chi connectivity index (χ2n) is 4.98. The average Bonchev–Trinajstić information content (AvgIpc) is 2.91. The zero-order valence-electron chi connectivity index (χ0n) is 11.8. The summed E-state index contributed by atoms with van der Waals surface area (Å²) in [4.78, 5) is 11.9. The number of alkyl halides is 3. The van der Waals surface area contributed by atoms with E-state index in [-0.39, 0.29) is 35.0 Å². The van der Waals surface area contributed by atoms with Crippen molar-refractivity contribution in [2.45, 2.75) is 23.2 Å². The predicted octanol–water partition coefficient (Wildman–Crippen LogP) is 3.45. The van der Waals surface area contributed by atoms with Crippen molar-refractivity contribution in [2.24, 2.45) is 5.92 Å². The van der Waals surface area contributed by atoms with Crippen LogP contribution in [0.2, 0.25) is 0 Å². The molecule has 0 aromatic heterocycles. The molecule has 1 unspecified atom stereocenters. The summed E-state index contributed by atoms with van der Waals surface area (Å²) in [6, 6.07) is 5.46.